The molecule has 3 N–H and O–H groups in total. The van der Waals surface area contributed by atoms with Crippen LogP contribution in [0, 0.1) is 0 Å². The molecule has 3 nitrogen and oxygen atoms in total. The second kappa shape index (κ2) is 5.58. The Balaban J connectivity index is 1.91. The molecule has 0 bridgehead atoms. The van der Waals surface area contributed by atoms with Crippen molar-refractivity contribution in [2.45, 2.75) is 0 Å². The summed E-state index contributed by atoms with van der Waals surface area (Å²) in [5, 5.41) is 5.12. The van der Waals surface area contributed by atoms with Crippen molar-refractivity contribution in [2.75, 3.05) is 11.1 Å². The average molecular weight is 341 g/mol. The van der Waals surface area contributed by atoms with Crippen molar-refractivity contribution in [1.82, 2.24) is 0 Å². The first-order valence-corrected chi connectivity index (χ1v) is 7.28. The number of halogens is 1. The minimum absolute atomic E-state index is 0.190. The van der Waals surface area contributed by atoms with E-state index in [0.29, 0.717) is 15.7 Å². The number of fused-ring (bicyclic) bond motifs is 1. The summed E-state index contributed by atoms with van der Waals surface area (Å²) in [7, 11) is 0. The topological polar surface area (TPSA) is 55.1 Å². The van der Waals surface area contributed by atoms with E-state index < -0.39 is 0 Å². The average Bonchev–Trinajstić information content (AvgIpc) is 2.50. The second-order valence-corrected chi connectivity index (χ2v) is 5.52. The Morgan fingerprint density at radius 3 is 2.52 bits per heavy atom. The van der Waals surface area contributed by atoms with Gasteiger partial charge < -0.3 is 11.1 Å². The first kappa shape index (κ1) is 13.6. The molecule has 0 aliphatic rings. The molecule has 3 aromatic carbocycles. The van der Waals surface area contributed by atoms with Gasteiger partial charge in [0.15, 0.2) is 0 Å². The number of carbonyl (C=O) groups is 1. The third kappa shape index (κ3) is 2.76. The Bertz CT molecular complexity index is 830. The number of nitrogen functional groups attached to an aromatic ring is 1. The van der Waals surface area contributed by atoms with Gasteiger partial charge in [-0.25, -0.2) is 0 Å². The van der Waals surface area contributed by atoms with Crippen molar-refractivity contribution in [2.24, 2.45) is 0 Å². The van der Waals surface area contributed by atoms with E-state index in [1.54, 1.807) is 18.2 Å². The highest BCUT2D eigenvalue weighted by atomic mass is 79.9. The Morgan fingerprint density at radius 2 is 1.71 bits per heavy atom. The molecule has 104 valence electrons. The molecule has 0 heterocycles. The summed E-state index contributed by atoms with van der Waals surface area (Å²) in [6.45, 7) is 0. The van der Waals surface area contributed by atoms with Gasteiger partial charge in [0.1, 0.15) is 0 Å². The summed E-state index contributed by atoms with van der Waals surface area (Å²) in [6.07, 6.45) is 0. The van der Waals surface area contributed by atoms with Gasteiger partial charge >= 0.3 is 0 Å². The van der Waals surface area contributed by atoms with Crippen molar-refractivity contribution in [1.29, 1.82) is 0 Å². The lowest BCUT2D eigenvalue weighted by atomic mass is 10.1. The van der Waals surface area contributed by atoms with E-state index in [2.05, 4.69) is 21.2 Å². The number of hydrogen-bond acceptors (Lipinski definition) is 2. The molecule has 0 aromatic heterocycles. The van der Waals surface area contributed by atoms with E-state index in [9.17, 15) is 4.79 Å². The molecule has 0 spiro atoms. The Labute approximate surface area is 130 Å². The van der Waals surface area contributed by atoms with Gasteiger partial charge in [-0.2, -0.15) is 0 Å². The van der Waals surface area contributed by atoms with Gasteiger partial charge in [-0.1, -0.05) is 36.4 Å². The Hall–Kier alpha value is -2.33. The molecule has 21 heavy (non-hydrogen) atoms. The number of hydrogen-bond donors (Lipinski definition) is 2. The molecule has 0 aliphatic carbocycles. The lowest BCUT2D eigenvalue weighted by Crippen LogP contribution is -2.13. The Morgan fingerprint density at radius 1 is 0.952 bits per heavy atom. The standard InChI is InChI=1S/C17H13BrN2O/c18-16-14(6-3-7-15(16)19)17(21)20-13-9-8-11-4-1-2-5-12(11)10-13/h1-10H,19H2,(H,20,21). The zero-order valence-corrected chi connectivity index (χ0v) is 12.7. The summed E-state index contributed by atoms with van der Waals surface area (Å²) in [5.41, 5.74) is 7.62. The van der Waals surface area contributed by atoms with Gasteiger partial charge in [-0.3, -0.25) is 4.79 Å². The fourth-order valence-electron chi connectivity index (χ4n) is 2.19. The summed E-state index contributed by atoms with van der Waals surface area (Å²) in [5.74, 6) is -0.190. The predicted molar refractivity (Wildman–Crippen MR) is 90.5 cm³/mol. The van der Waals surface area contributed by atoms with Gasteiger partial charge in [-0.15, -0.1) is 0 Å². The molecule has 0 atom stereocenters. The smallest absolute Gasteiger partial charge is 0.256 e. The molecule has 3 aromatic rings. The van der Waals surface area contributed by atoms with Gasteiger partial charge in [0.2, 0.25) is 0 Å². The minimum atomic E-state index is -0.190. The SMILES string of the molecule is Nc1cccc(C(=O)Nc2ccc3ccccc3c2)c1Br. The largest absolute Gasteiger partial charge is 0.398 e. The fourth-order valence-corrected chi connectivity index (χ4v) is 2.64. The van der Waals surface area contributed by atoms with Gasteiger partial charge in [0.25, 0.3) is 5.91 Å². The monoisotopic (exact) mass is 340 g/mol. The van der Waals surface area contributed by atoms with Gasteiger partial charge in [-0.05, 0) is 51.0 Å². The quantitative estimate of drug-likeness (QED) is 0.677. The molecule has 3 rings (SSSR count). The first-order chi connectivity index (χ1) is 10.1. The number of carbonyl (C=O) groups excluding carboxylic acids is 1. The zero-order valence-electron chi connectivity index (χ0n) is 11.1. The van der Waals surface area contributed by atoms with Crippen molar-refractivity contribution in [3.05, 3.63) is 70.7 Å². The lowest BCUT2D eigenvalue weighted by Gasteiger charge is -2.09. The van der Waals surface area contributed by atoms with E-state index in [0.717, 1.165) is 16.5 Å². The number of benzene rings is 3. The van der Waals surface area contributed by atoms with Crippen LogP contribution in [-0.2, 0) is 0 Å². The molecule has 0 radical (unpaired) electrons. The third-order valence-corrected chi connectivity index (χ3v) is 4.17. The molecule has 4 heteroatoms. The maximum Gasteiger partial charge on any atom is 0.256 e. The number of rotatable bonds is 2. The third-order valence-electron chi connectivity index (χ3n) is 3.28. The van der Waals surface area contributed by atoms with Crippen LogP contribution in [0.2, 0.25) is 0 Å². The number of amides is 1. The molecule has 0 fully saturated rings. The number of nitrogens with one attached hydrogen (secondary N) is 1. The van der Waals surface area contributed by atoms with E-state index in [-0.39, 0.29) is 5.91 Å². The molecule has 0 saturated heterocycles. The molecular weight excluding hydrogens is 328 g/mol. The summed E-state index contributed by atoms with van der Waals surface area (Å²) in [4.78, 5) is 12.3. The predicted octanol–water partition coefficient (Wildman–Crippen LogP) is 4.44. The van der Waals surface area contributed by atoms with Crippen LogP contribution in [0.25, 0.3) is 10.8 Å². The first-order valence-electron chi connectivity index (χ1n) is 6.49. The van der Waals surface area contributed by atoms with Crippen LogP contribution < -0.4 is 11.1 Å². The van der Waals surface area contributed by atoms with E-state index in [1.165, 1.54) is 0 Å². The highest BCUT2D eigenvalue weighted by Crippen LogP contribution is 2.25. The van der Waals surface area contributed by atoms with Crippen molar-refractivity contribution in [3.8, 4) is 0 Å². The zero-order chi connectivity index (χ0) is 14.8. The van der Waals surface area contributed by atoms with Crippen LogP contribution in [-0.4, -0.2) is 5.91 Å². The maximum absolute atomic E-state index is 12.3. The Kier molecular flexibility index (Phi) is 3.62. The molecule has 0 aliphatic heterocycles. The highest BCUT2D eigenvalue weighted by molar-refractivity contribution is 9.10. The van der Waals surface area contributed by atoms with Gasteiger partial charge in [0, 0.05) is 11.4 Å². The van der Waals surface area contributed by atoms with Crippen LogP contribution in [0.4, 0.5) is 11.4 Å². The van der Waals surface area contributed by atoms with Crippen molar-refractivity contribution >= 4 is 44.0 Å². The van der Waals surface area contributed by atoms with Crippen molar-refractivity contribution < 1.29 is 4.79 Å². The van der Waals surface area contributed by atoms with Crippen LogP contribution in [0.5, 0.6) is 0 Å². The van der Waals surface area contributed by atoms with E-state index in [4.69, 9.17) is 5.73 Å². The lowest BCUT2D eigenvalue weighted by molar-refractivity contribution is 0.102. The van der Waals surface area contributed by atoms with Gasteiger partial charge in [0.05, 0.1) is 10.0 Å². The van der Waals surface area contributed by atoms with Crippen LogP contribution in [0.1, 0.15) is 10.4 Å². The second-order valence-electron chi connectivity index (χ2n) is 4.72. The molecule has 0 unspecified atom stereocenters. The summed E-state index contributed by atoms with van der Waals surface area (Å²) in [6, 6.07) is 19.1. The van der Waals surface area contributed by atoms with E-state index >= 15 is 0 Å². The summed E-state index contributed by atoms with van der Waals surface area (Å²) < 4.78 is 0.614. The van der Waals surface area contributed by atoms with E-state index in [1.807, 2.05) is 42.5 Å². The molecule has 0 saturated carbocycles. The van der Waals surface area contributed by atoms with Crippen LogP contribution >= 0.6 is 15.9 Å². The molecule has 1 amide bonds. The number of nitrogens with two attached hydrogens (primary N) is 1. The maximum atomic E-state index is 12.3. The minimum Gasteiger partial charge on any atom is -0.398 e. The van der Waals surface area contributed by atoms with Crippen molar-refractivity contribution in [3.63, 3.8) is 0 Å². The normalized spacial score (nSPS) is 10.5. The number of anilines is 2. The van der Waals surface area contributed by atoms with Crippen LogP contribution in [0.3, 0.4) is 0 Å². The highest BCUT2D eigenvalue weighted by Gasteiger charge is 2.12. The van der Waals surface area contributed by atoms with Crippen LogP contribution in [0.15, 0.2) is 65.1 Å². The fraction of sp³-hybridized carbons (Fsp3) is 0. The summed E-state index contributed by atoms with van der Waals surface area (Å²) >= 11 is 3.35. The molecular formula is C17H13BrN2O.